The van der Waals surface area contributed by atoms with Crippen LogP contribution in [0.15, 0.2) is 54.6 Å². The predicted molar refractivity (Wildman–Crippen MR) is 132 cm³/mol. The fraction of sp³-hybridized carbons (Fsp3) is 0.333. The Labute approximate surface area is 195 Å². The summed E-state index contributed by atoms with van der Waals surface area (Å²) in [6.07, 6.45) is 1.62. The van der Waals surface area contributed by atoms with Gasteiger partial charge in [-0.15, -0.1) is 0 Å². The highest BCUT2D eigenvalue weighted by Crippen LogP contribution is 2.24. The highest BCUT2D eigenvalue weighted by molar-refractivity contribution is 6.05. The highest BCUT2D eigenvalue weighted by Gasteiger charge is 2.23. The molecule has 2 amide bonds. The lowest BCUT2D eigenvalue weighted by atomic mass is 9.96. The second-order valence-corrected chi connectivity index (χ2v) is 9.07. The van der Waals surface area contributed by atoms with Crippen molar-refractivity contribution in [3.8, 4) is 5.69 Å². The van der Waals surface area contributed by atoms with E-state index >= 15 is 0 Å². The Kier molecular flexibility index (Phi) is 6.65. The first-order valence-electron chi connectivity index (χ1n) is 11.5. The van der Waals surface area contributed by atoms with Crippen molar-refractivity contribution < 1.29 is 9.59 Å². The Hall–Kier alpha value is -3.38. The number of primary amides is 1. The Bertz CT molecular complexity index is 1170. The molecule has 1 aromatic heterocycles. The third-order valence-electron chi connectivity index (χ3n) is 6.52. The third-order valence-corrected chi connectivity index (χ3v) is 6.52. The first-order valence-corrected chi connectivity index (χ1v) is 11.5. The molecule has 1 aliphatic rings. The van der Waals surface area contributed by atoms with Crippen LogP contribution in [-0.2, 0) is 11.3 Å². The molecule has 0 saturated carbocycles. The average molecular weight is 445 g/mol. The molecule has 1 aliphatic heterocycles. The highest BCUT2D eigenvalue weighted by atomic mass is 16.2. The number of rotatable bonds is 6. The fourth-order valence-corrected chi connectivity index (χ4v) is 4.74. The molecule has 2 heterocycles. The van der Waals surface area contributed by atoms with Crippen LogP contribution in [-0.4, -0.2) is 34.4 Å². The molecule has 0 bridgehead atoms. The summed E-state index contributed by atoms with van der Waals surface area (Å²) >= 11 is 0. The van der Waals surface area contributed by atoms with Crippen molar-refractivity contribution in [1.82, 2.24) is 9.47 Å². The minimum absolute atomic E-state index is 0.00863. The van der Waals surface area contributed by atoms with E-state index in [1.165, 1.54) is 5.56 Å². The van der Waals surface area contributed by atoms with Gasteiger partial charge in [0.15, 0.2) is 0 Å². The van der Waals surface area contributed by atoms with Gasteiger partial charge in [0.25, 0.3) is 5.91 Å². The zero-order chi connectivity index (χ0) is 23.5. The maximum atomic E-state index is 13.1. The van der Waals surface area contributed by atoms with E-state index in [-0.39, 0.29) is 17.7 Å². The van der Waals surface area contributed by atoms with Crippen LogP contribution in [0.4, 0.5) is 5.69 Å². The van der Waals surface area contributed by atoms with E-state index in [1.807, 2.05) is 44.2 Å². The molecule has 1 fully saturated rings. The summed E-state index contributed by atoms with van der Waals surface area (Å²) in [5, 5.41) is 3.07. The molecule has 6 heteroatoms. The topological polar surface area (TPSA) is 80.4 Å². The maximum Gasteiger partial charge on any atom is 0.257 e. The second-order valence-electron chi connectivity index (χ2n) is 9.07. The lowest BCUT2D eigenvalue weighted by Crippen LogP contribution is -2.38. The Morgan fingerprint density at radius 1 is 1.00 bits per heavy atom. The molecule has 0 unspecified atom stereocenters. The summed E-state index contributed by atoms with van der Waals surface area (Å²) < 4.78 is 2.12. The minimum Gasteiger partial charge on any atom is -0.369 e. The molecule has 0 atom stereocenters. The van der Waals surface area contributed by atoms with Gasteiger partial charge < -0.3 is 15.6 Å². The van der Waals surface area contributed by atoms with Crippen LogP contribution in [0, 0.1) is 26.7 Å². The monoisotopic (exact) mass is 444 g/mol. The number of piperidine rings is 1. The van der Waals surface area contributed by atoms with Crippen LogP contribution in [0.1, 0.15) is 45.7 Å². The zero-order valence-corrected chi connectivity index (χ0v) is 19.6. The lowest BCUT2D eigenvalue weighted by Gasteiger charge is -2.30. The number of aryl methyl sites for hydroxylation is 2. The van der Waals surface area contributed by atoms with Crippen LogP contribution in [0.2, 0.25) is 0 Å². The van der Waals surface area contributed by atoms with Gasteiger partial charge in [-0.2, -0.15) is 0 Å². The molecule has 172 valence electrons. The number of carbonyl (C=O) groups is 2. The van der Waals surface area contributed by atoms with Gasteiger partial charge in [0.1, 0.15) is 0 Å². The average Bonchev–Trinajstić information content (AvgIpc) is 3.08. The van der Waals surface area contributed by atoms with Gasteiger partial charge in [0, 0.05) is 35.2 Å². The number of benzene rings is 2. The van der Waals surface area contributed by atoms with Crippen molar-refractivity contribution >= 4 is 17.5 Å². The van der Waals surface area contributed by atoms with Crippen molar-refractivity contribution in [2.75, 3.05) is 18.4 Å². The molecule has 0 radical (unpaired) electrons. The lowest BCUT2D eigenvalue weighted by molar-refractivity contribution is -0.123. The first kappa shape index (κ1) is 22.8. The smallest absolute Gasteiger partial charge is 0.257 e. The van der Waals surface area contributed by atoms with Crippen LogP contribution in [0.3, 0.4) is 0 Å². The van der Waals surface area contributed by atoms with Crippen molar-refractivity contribution in [2.24, 2.45) is 11.7 Å². The summed E-state index contributed by atoms with van der Waals surface area (Å²) in [6, 6.07) is 18.2. The van der Waals surface area contributed by atoms with Crippen LogP contribution in [0.5, 0.6) is 0 Å². The number of carbonyl (C=O) groups excluding carboxylic acids is 2. The first-order chi connectivity index (χ1) is 15.8. The molecule has 4 rings (SSSR count). The van der Waals surface area contributed by atoms with Gasteiger partial charge >= 0.3 is 0 Å². The van der Waals surface area contributed by atoms with Crippen LogP contribution < -0.4 is 11.1 Å². The van der Waals surface area contributed by atoms with E-state index < -0.39 is 0 Å². The standard InChI is InChI=1S/C27H32N4O2/c1-18-6-4-9-24(14-18)31-19(2)15-25(20(31)3)27(33)29-23-8-5-7-21(16-23)17-30-12-10-22(11-13-30)26(28)32/h4-9,14-16,22H,10-13,17H2,1-3H3,(H2,28,32)(H,29,33). The van der Waals surface area contributed by atoms with Gasteiger partial charge in [0.2, 0.25) is 5.91 Å². The molecule has 1 saturated heterocycles. The quantitative estimate of drug-likeness (QED) is 0.593. The largest absolute Gasteiger partial charge is 0.369 e. The molecule has 3 N–H and O–H groups in total. The van der Waals surface area contributed by atoms with Crippen LogP contribution in [0.25, 0.3) is 5.69 Å². The zero-order valence-electron chi connectivity index (χ0n) is 19.6. The minimum atomic E-state index is -0.193. The van der Waals surface area contributed by atoms with E-state index in [9.17, 15) is 9.59 Å². The number of nitrogens with one attached hydrogen (secondary N) is 1. The molecule has 6 nitrogen and oxygen atoms in total. The van der Waals surface area contributed by atoms with Crippen molar-refractivity contribution in [1.29, 1.82) is 0 Å². The van der Waals surface area contributed by atoms with E-state index in [1.54, 1.807) is 0 Å². The number of aromatic nitrogens is 1. The van der Waals surface area contributed by atoms with E-state index in [0.29, 0.717) is 5.56 Å². The Balaban J connectivity index is 1.45. The molecule has 3 aromatic rings. The van der Waals surface area contributed by atoms with Crippen LogP contribution >= 0.6 is 0 Å². The number of nitrogens with zero attached hydrogens (tertiary/aromatic N) is 2. The molecule has 2 aromatic carbocycles. The normalized spacial score (nSPS) is 14.9. The number of likely N-dealkylation sites (tertiary alicyclic amines) is 1. The number of amides is 2. The van der Waals surface area contributed by atoms with Gasteiger partial charge in [-0.25, -0.2) is 0 Å². The SMILES string of the molecule is Cc1cccc(-n2c(C)cc(C(=O)Nc3cccc(CN4CCC(C(N)=O)CC4)c3)c2C)c1. The van der Waals surface area contributed by atoms with Gasteiger partial charge in [0.05, 0.1) is 5.56 Å². The van der Waals surface area contributed by atoms with Gasteiger partial charge in [-0.05, 0) is 88.2 Å². The van der Waals surface area contributed by atoms with E-state index in [4.69, 9.17) is 5.73 Å². The van der Waals surface area contributed by atoms with Crippen molar-refractivity contribution in [3.05, 3.63) is 82.7 Å². The summed E-state index contributed by atoms with van der Waals surface area (Å²) in [7, 11) is 0. The van der Waals surface area contributed by atoms with Crippen molar-refractivity contribution in [2.45, 2.75) is 40.2 Å². The molecular formula is C27H32N4O2. The molecular weight excluding hydrogens is 412 g/mol. The Morgan fingerprint density at radius 2 is 1.73 bits per heavy atom. The number of hydrogen-bond acceptors (Lipinski definition) is 3. The second kappa shape index (κ2) is 9.63. The predicted octanol–water partition coefficient (Wildman–Crippen LogP) is 4.35. The summed E-state index contributed by atoms with van der Waals surface area (Å²) in [4.78, 5) is 26.8. The molecule has 0 spiro atoms. The number of anilines is 1. The fourth-order valence-electron chi connectivity index (χ4n) is 4.74. The summed E-state index contributed by atoms with van der Waals surface area (Å²) in [5.74, 6) is -0.312. The third kappa shape index (κ3) is 5.17. The molecule has 0 aliphatic carbocycles. The number of hydrogen-bond donors (Lipinski definition) is 2. The van der Waals surface area contributed by atoms with E-state index in [2.05, 4.69) is 46.0 Å². The summed E-state index contributed by atoms with van der Waals surface area (Å²) in [6.45, 7) is 8.57. The number of nitrogens with two attached hydrogens (primary N) is 1. The van der Waals surface area contributed by atoms with Gasteiger partial charge in [-0.1, -0.05) is 24.3 Å². The van der Waals surface area contributed by atoms with Crippen molar-refractivity contribution in [3.63, 3.8) is 0 Å². The Morgan fingerprint density at radius 3 is 2.42 bits per heavy atom. The molecule has 33 heavy (non-hydrogen) atoms. The van der Waals surface area contributed by atoms with Gasteiger partial charge in [-0.3, -0.25) is 14.5 Å². The van der Waals surface area contributed by atoms with E-state index in [0.717, 1.165) is 60.8 Å². The summed E-state index contributed by atoms with van der Waals surface area (Å²) in [5.41, 5.74) is 12.2. The maximum absolute atomic E-state index is 13.1.